The topological polar surface area (TPSA) is 123 Å². The standard InChI is InChI=1S/C18H22N6O3S/c1-2-19-15(25)9-18(4-7-28(26,27)8-5-18)24-11-13(10-23-24)16-14-3-6-20-17(14)22-12-21-16/h3,6,10-12H,2,4-5,7-9H2,1H3,(H,19,25)(H,20,21,22). The summed E-state index contributed by atoms with van der Waals surface area (Å²) in [6, 6.07) is 1.90. The Morgan fingerprint density at radius 3 is 2.86 bits per heavy atom. The number of hydrogen-bond donors (Lipinski definition) is 2. The van der Waals surface area contributed by atoms with Crippen molar-refractivity contribution in [1.29, 1.82) is 0 Å². The van der Waals surface area contributed by atoms with Crippen LogP contribution in [0.3, 0.4) is 0 Å². The van der Waals surface area contributed by atoms with Crippen molar-refractivity contribution in [3.8, 4) is 11.3 Å². The molecule has 0 bridgehead atoms. The Morgan fingerprint density at radius 1 is 1.32 bits per heavy atom. The van der Waals surface area contributed by atoms with Crippen molar-refractivity contribution >= 4 is 26.8 Å². The quantitative estimate of drug-likeness (QED) is 0.662. The number of aromatic amines is 1. The lowest BCUT2D eigenvalue weighted by Crippen LogP contribution is -2.45. The van der Waals surface area contributed by atoms with E-state index in [2.05, 4.69) is 25.4 Å². The van der Waals surface area contributed by atoms with Crippen LogP contribution in [0.25, 0.3) is 22.3 Å². The van der Waals surface area contributed by atoms with Gasteiger partial charge in [0, 0.05) is 29.9 Å². The molecule has 28 heavy (non-hydrogen) atoms. The number of rotatable bonds is 5. The van der Waals surface area contributed by atoms with Crippen LogP contribution in [0.2, 0.25) is 0 Å². The number of sulfone groups is 1. The van der Waals surface area contributed by atoms with Gasteiger partial charge in [-0.2, -0.15) is 5.10 Å². The first kappa shape index (κ1) is 18.6. The van der Waals surface area contributed by atoms with Gasteiger partial charge >= 0.3 is 0 Å². The molecule has 148 valence electrons. The van der Waals surface area contributed by atoms with E-state index in [4.69, 9.17) is 0 Å². The number of hydrogen-bond acceptors (Lipinski definition) is 6. The van der Waals surface area contributed by atoms with Gasteiger partial charge in [0.15, 0.2) is 9.84 Å². The smallest absolute Gasteiger partial charge is 0.222 e. The summed E-state index contributed by atoms with van der Waals surface area (Å²) in [5.74, 6) is 0.00262. The minimum absolute atomic E-state index is 0.0527. The number of H-pyrrole nitrogens is 1. The number of fused-ring (bicyclic) bond motifs is 1. The highest BCUT2D eigenvalue weighted by Gasteiger charge is 2.41. The van der Waals surface area contributed by atoms with E-state index in [1.807, 2.05) is 19.2 Å². The highest BCUT2D eigenvalue weighted by Crippen LogP contribution is 2.36. The van der Waals surface area contributed by atoms with E-state index in [1.165, 1.54) is 6.33 Å². The van der Waals surface area contributed by atoms with Crippen LogP contribution in [-0.4, -0.2) is 57.1 Å². The first-order valence-corrected chi connectivity index (χ1v) is 11.1. The van der Waals surface area contributed by atoms with Gasteiger partial charge in [-0.3, -0.25) is 9.48 Å². The fraction of sp³-hybridized carbons (Fsp3) is 0.444. The molecular weight excluding hydrogens is 380 g/mol. The Hall–Kier alpha value is -2.75. The van der Waals surface area contributed by atoms with Crippen LogP contribution in [0, 0.1) is 0 Å². The van der Waals surface area contributed by atoms with Crippen molar-refractivity contribution in [2.45, 2.75) is 31.7 Å². The Kier molecular flexibility index (Phi) is 4.66. The first-order valence-electron chi connectivity index (χ1n) is 9.23. The lowest BCUT2D eigenvalue weighted by atomic mass is 9.88. The summed E-state index contributed by atoms with van der Waals surface area (Å²) in [5, 5.41) is 8.21. The summed E-state index contributed by atoms with van der Waals surface area (Å²) < 4.78 is 25.7. The molecule has 0 saturated carbocycles. The molecule has 4 rings (SSSR count). The van der Waals surface area contributed by atoms with Crippen LogP contribution in [0.5, 0.6) is 0 Å². The third kappa shape index (κ3) is 3.39. The van der Waals surface area contributed by atoms with Crippen LogP contribution in [0.1, 0.15) is 26.2 Å². The molecule has 1 aliphatic heterocycles. The normalized spacial score (nSPS) is 18.2. The molecule has 1 amide bonds. The molecule has 0 aromatic carbocycles. The van der Waals surface area contributed by atoms with Gasteiger partial charge in [0.1, 0.15) is 12.0 Å². The average Bonchev–Trinajstić information content (AvgIpc) is 3.33. The van der Waals surface area contributed by atoms with Crippen molar-refractivity contribution in [3.05, 3.63) is 31.0 Å². The summed E-state index contributed by atoms with van der Waals surface area (Å²) in [7, 11) is -3.07. The number of carbonyl (C=O) groups excluding carboxylic acids is 1. The predicted molar refractivity (Wildman–Crippen MR) is 104 cm³/mol. The van der Waals surface area contributed by atoms with Crippen LogP contribution < -0.4 is 5.32 Å². The highest BCUT2D eigenvalue weighted by molar-refractivity contribution is 7.91. The van der Waals surface area contributed by atoms with Crippen molar-refractivity contribution in [1.82, 2.24) is 30.0 Å². The molecule has 2 N–H and O–H groups in total. The molecule has 3 aromatic heterocycles. The molecule has 0 aliphatic carbocycles. The van der Waals surface area contributed by atoms with E-state index in [-0.39, 0.29) is 23.8 Å². The first-order chi connectivity index (χ1) is 13.4. The number of carbonyl (C=O) groups is 1. The number of nitrogens with one attached hydrogen (secondary N) is 2. The molecule has 10 heteroatoms. The second-order valence-electron chi connectivity index (χ2n) is 7.14. The third-order valence-electron chi connectivity index (χ3n) is 5.32. The lowest BCUT2D eigenvalue weighted by molar-refractivity contribution is -0.123. The average molecular weight is 402 g/mol. The minimum Gasteiger partial charge on any atom is -0.356 e. The second kappa shape index (κ2) is 7.01. The molecule has 0 atom stereocenters. The van der Waals surface area contributed by atoms with Gasteiger partial charge in [0.05, 0.1) is 35.4 Å². The largest absolute Gasteiger partial charge is 0.356 e. The summed E-state index contributed by atoms with van der Waals surface area (Å²) in [4.78, 5) is 24.0. The zero-order chi connectivity index (χ0) is 19.8. The minimum atomic E-state index is -3.07. The van der Waals surface area contributed by atoms with Crippen LogP contribution in [-0.2, 0) is 20.2 Å². The Morgan fingerprint density at radius 2 is 2.11 bits per heavy atom. The van der Waals surface area contributed by atoms with E-state index in [9.17, 15) is 13.2 Å². The summed E-state index contributed by atoms with van der Waals surface area (Å²) in [5.41, 5.74) is 1.62. The number of amides is 1. The van der Waals surface area contributed by atoms with Crippen LogP contribution >= 0.6 is 0 Å². The zero-order valence-electron chi connectivity index (χ0n) is 15.6. The van der Waals surface area contributed by atoms with Gasteiger partial charge in [-0.25, -0.2) is 18.4 Å². The van der Waals surface area contributed by atoms with E-state index >= 15 is 0 Å². The van der Waals surface area contributed by atoms with Gasteiger partial charge in [-0.1, -0.05) is 0 Å². The SMILES string of the molecule is CCNC(=O)CC1(n2cc(-c3ncnc4[nH]ccc34)cn2)CCS(=O)(=O)CC1. The highest BCUT2D eigenvalue weighted by atomic mass is 32.2. The predicted octanol–water partition coefficient (Wildman–Crippen LogP) is 1.25. The Balaban J connectivity index is 1.72. The summed E-state index contributed by atoms with van der Waals surface area (Å²) in [6.07, 6.45) is 7.76. The fourth-order valence-corrected chi connectivity index (χ4v) is 5.36. The van der Waals surface area contributed by atoms with Crippen molar-refractivity contribution in [2.24, 2.45) is 0 Å². The van der Waals surface area contributed by atoms with Crippen molar-refractivity contribution in [3.63, 3.8) is 0 Å². The van der Waals surface area contributed by atoms with Crippen molar-refractivity contribution in [2.75, 3.05) is 18.1 Å². The number of aromatic nitrogens is 5. The molecule has 4 heterocycles. The zero-order valence-corrected chi connectivity index (χ0v) is 16.4. The molecule has 1 saturated heterocycles. The van der Waals surface area contributed by atoms with Gasteiger partial charge in [-0.15, -0.1) is 0 Å². The lowest BCUT2D eigenvalue weighted by Gasteiger charge is -2.37. The monoisotopic (exact) mass is 402 g/mol. The van der Waals surface area contributed by atoms with E-state index in [0.29, 0.717) is 19.4 Å². The van der Waals surface area contributed by atoms with Gasteiger partial charge in [0.2, 0.25) is 5.91 Å². The third-order valence-corrected chi connectivity index (χ3v) is 6.97. The molecule has 0 unspecified atom stereocenters. The molecule has 0 spiro atoms. The second-order valence-corrected chi connectivity index (χ2v) is 9.45. The summed E-state index contributed by atoms with van der Waals surface area (Å²) >= 11 is 0. The van der Waals surface area contributed by atoms with E-state index in [0.717, 1.165) is 22.3 Å². The molecule has 9 nitrogen and oxygen atoms in total. The van der Waals surface area contributed by atoms with Gasteiger partial charge in [0.25, 0.3) is 0 Å². The molecule has 3 aromatic rings. The maximum absolute atomic E-state index is 12.3. The van der Waals surface area contributed by atoms with Crippen molar-refractivity contribution < 1.29 is 13.2 Å². The van der Waals surface area contributed by atoms with Crippen LogP contribution in [0.15, 0.2) is 31.0 Å². The maximum Gasteiger partial charge on any atom is 0.222 e. The maximum atomic E-state index is 12.3. The van der Waals surface area contributed by atoms with E-state index < -0.39 is 15.4 Å². The fourth-order valence-electron chi connectivity index (χ4n) is 3.77. The molecular formula is C18H22N6O3S. The molecule has 1 aliphatic rings. The number of nitrogens with zero attached hydrogens (tertiary/aromatic N) is 4. The van der Waals surface area contributed by atoms with Crippen LogP contribution in [0.4, 0.5) is 0 Å². The van der Waals surface area contributed by atoms with Gasteiger partial charge < -0.3 is 10.3 Å². The van der Waals surface area contributed by atoms with Gasteiger partial charge in [-0.05, 0) is 25.8 Å². The Bertz CT molecular complexity index is 1100. The molecule has 0 radical (unpaired) electrons. The molecule has 1 fully saturated rings. The Labute approximate surface area is 162 Å². The summed E-state index contributed by atoms with van der Waals surface area (Å²) in [6.45, 7) is 2.39. The van der Waals surface area contributed by atoms with E-state index in [1.54, 1.807) is 17.1 Å².